The Morgan fingerprint density at radius 1 is 1.04 bits per heavy atom. The van der Waals surface area contributed by atoms with Crippen LogP contribution in [0.1, 0.15) is 23.2 Å². The van der Waals surface area contributed by atoms with E-state index >= 15 is 0 Å². The summed E-state index contributed by atoms with van der Waals surface area (Å²) in [7, 11) is 4.49. The second kappa shape index (κ2) is 8.68. The third-order valence-corrected chi connectivity index (χ3v) is 3.51. The Hall–Kier alpha value is -3.09. The van der Waals surface area contributed by atoms with Gasteiger partial charge in [0.05, 0.1) is 21.3 Å². The summed E-state index contributed by atoms with van der Waals surface area (Å²) in [6, 6.07) is 6.61. The largest absolute Gasteiger partial charge is 0.493 e. The molecule has 7 nitrogen and oxygen atoms in total. The lowest BCUT2D eigenvalue weighted by molar-refractivity contribution is -0.116. The summed E-state index contributed by atoms with van der Waals surface area (Å²) in [4.78, 5) is 28.0. The predicted octanol–water partition coefficient (Wildman–Crippen LogP) is 2.71. The number of hydrogen-bond acceptors (Lipinski definition) is 6. The maximum Gasteiger partial charge on any atom is 0.224 e. The van der Waals surface area contributed by atoms with Crippen LogP contribution in [0.4, 0.5) is 5.69 Å². The lowest BCUT2D eigenvalue weighted by atomic mass is 10.1. The fourth-order valence-electron chi connectivity index (χ4n) is 2.28. The number of Topliss-reactive ketones (excluding diaryl/α,β-unsaturated/α-hetero) is 1. The van der Waals surface area contributed by atoms with Crippen molar-refractivity contribution in [2.75, 3.05) is 26.6 Å². The van der Waals surface area contributed by atoms with Crippen molar-refractivity contribution in [1.29, 1.82) is 0 Å². The van der Waals surface area contributed by atoms with Gasteiger partial charge in [0.15, 0.2) is 17.3 Å². The van der Waals surface area contributed by atoms with Crippen LogP contribution < -0.4 is 19.5 Å². The summed E-state index contributed by atoms with van der Waals surface area (Å²) >= 11 is 0. The molecule has 0 aliphatic rings. The standard InChI is InChI=1S/C18H20N2O5/c1-23-15-9-13(10-16(24-2)18(15)25-3)20-17(22)7-6-14(21)12-5-4-8-19-11-12/h4-5,8-11H,6-7H2,1-3H3,(H,20,22). The van der Waals surface area contributed by atoms with Crippen molar-refractivity contribution >= 4 is 17.4 Å². The summed E-state index contributed by atoms with van der Waals surface area (Å²) in [5.74, 6) is 0.890. The Balaban J connectivity index is 2.02. The monoisotopic (exact) mass is 344 g/mol. The summed E-state index contributed by atoms with van der Waals surface area (Å²) in [6.07, 6.45) is 3.24. The third kappa shape index (κ3) is 4.69. The summed E-state index contributed by atoms with van der Waals surface area (Å²) in [5.41, 5.74) is 0.983. The van der Waals surface area contributed by atoms with Gasteiger partial charge in [0, 0.05) is 48.6 Å². The van der Waals surface area contributed by atoms with E-state index in [9.17, 15) is 9.59 Å². The van der Waals surface area contributed by atoms with Crippen molar-refractivity contribution in [2.24, 2.45) is 0 Å². The van der Waals surface area contributed by atoms with Gasteiger partial charge in [0.2, 0.25) is 11.7 Å². The third-order valence-electron chi connectivity index (χ3n) is 3.51. The van der Waals surface area contributed by atoms with Crippen LogP contribution in [0.2, 0.25) is 0 Å². The lowest BCUT2D eigenvalue weighted by Gasteiger charge is -2.14. The van der Waals surface area contributed by atoms with Crippen molar-refractivity contribution in [3.8, 4) is 17.2 Å². The van der Waals surface area contributed by atoms with Crippen LogP contribution in [0.5, 0.6) is 17.2 Å². The molecule has 1 heterocycles. The number of carbonyl (C=O) groups is 2. The minimum Gasteiger partial charge on any atom is -0.493 e. The fourth-order valence-corrected chi connectivity index (χ4v) is 2.28. The normalized spacial score (nSPS) is 10.0. The van der Waals surface area contributed by atoms with Gasteiger partial charge in [-0.1, -0.05) is 0 Å². The zero-order valence-electron chi connectivity index (χ0n) is 14.4. The molecule has 1 aromatic heterocycles. The van der Waals surface area contributed by atoms with Crippen LogP contribution >= 0.6 is 0 Å². The minimum atomic E-state index is -0.286. The Morgan fingerprint density at radius 2 is 1.72 bits per heavy atom. The number of carbonyl (C=O) groups excluding carboxylic acids is 2. The number of nitrogens with one attached hydrogen (secondary N) is 1. The molecular formula is C18H20N2O5. The number of benzene rings is 1. The van der Waals surface area contributed by atoms with Gasteiger partial charge in [-0.3, -0.25) is 14.6 Å². The molecule has 0 unspecified atom stereocenters. The zero-order chi connectivity index (χ0) is 18.2. The van der Waals surface area contributed by atoms with E-state index in [1.165, 1.54) is 27.5 Å². The second-order valence-corrected chi connectivity index (χ2v) is 5.13. The smallest absolute Gasteiger partial charge is 0.224 e. The molecule has 0 spiro atoms. The number of amides is 1. The van der Waals surface area contributed by atoms with Gasteiger partial charge in [-0.25, -0.2) is 0 Å². The first-order chi connectivity index (χ1) is 12.1. The predicted molar refractivity (Wildman–Crippen MR) is 92.5 cm³/mol. The van der Waals surface area contributed by atoms with Gasteiger partial charge in [-0.15, -0.1) is 0 Å². The molecule has 0 saturated carbocycles. The average Bonchev–Trinajstić information content (AvgIpc) is 2.65. The van der Waals surface area contributed by atoms with E-state index in [0.29, 0.717) is 28.5 Å². The first kappa shape index (κ1) is 18.3. The van der Waals surface area contributed by atoms with Crippen molar-refractivity contribution in [2.45, 2.75) is 12.8 Å². The molecule has 0 fully saturated rings. The molecule has 1 N–H and O–H groups in total. The molecule has 1 amide bonds. The summed E-state index contributed by atoms with van der Waals surface area (Å²) < 4.78 is 15.7. The molecule has 0 saturated heterocycles. The molecule has 2 rings (SSSR count). The SMILES string of the molecule is COc1cc(NC(=O)CCC(=O)c2cccnc2)cc(OC)c1OC. The van der Waals surface area contributed by atoms with Crippen LogP contribution in [0.3, 0.4) is 0 Å². The summed E-state index contributed by atoms with van der Waals surface area (Å²) in [6.45, 7) is 0. The topological polar surface area (TPSA) is 86.8 Å². The molecule has 25 heavy (non-hydrogen) atoms. The molecule has 0 aliphatic carbocycles. The number of hydrogen-bond donors (Lipinski definition) is 1. The van der Waals surface area contributed by atoms with Crippen molar-refractivity contribution in [3.63, 3.8) is 0 Å². The van der Waals surface area contributed by atoms with Crippen LogP contribution in [0.25, 0.3) is 0 Å². The van der Waals surface area contributed by atoms with Crippen LogP contribution in [-0.4, -0.2) is 38.0 Å². The van der Waals surface area contributed by atoms with Gasteiger partial charge in [0.1, 0.15) is 0 Å². The minimum absolute atomic E-state index is 0.0599. The molecule has 1 aromatic carbocycles. The van der Waals surface area contributed by atoms with Crippen LogP contribution in [0, 0.1) is 0 Å². The molecule has 0 bridgehead atoms. The number of nitrogens with zero attached hydrogens (tertiary/aromatic N) is 1. The van der Waals surface area contributed by atoms with E-state index in [4.69, 9.17) is 14.2 Å². The molecule has 0 aliphatic heterocycles. The van der Waals surface area contributed by atoms with Crippen molar-refractivity contribution < 1.29 is 23.8 Å². The first-order valence-corrected chi connectivity index (χ1v) is 7.62. The Kier molecular flexibility index (Phi) is 6.33. The Labute approximate surface area is 145 Å². The zero-order valence-corrected chi connectivity index (χ0v) is 14.4. The Bertz CT molecular complexity index is 721. The number of ether oxygens (including phenoxy) is 3. The number of pyridine rings is 1. The molecule has 2 aromatic rings. The molecule has 0 atom stereocenters. The maximum atomic E-state index is 12.1. The second-order valence-electron chi connectivity index (χ2n) is 5.13. The van der Waals surface area contributed by atoms with E-state index in [1.54, 1.807) is 30.5 Å². The molecule has 7 heteroatoms. The van der Waals surface area contributed by atoms with E-state index in [0.717, 1.165) is 0 Å². The number of rotatable bonds is 8. The van der Waals surface area contributed by atoms with Gasteiger partial charge in [0.25, 0.3) is 0 Å². The quantitative estimate of drug-likeness (QED) is 0.741. The van der Waals surface area contributed by atoms with Crippen LogP contribution in [-0.2, 0) is 4.79 Å². The van der Waals surface area contributed by atoms with Gasteiger partial charge in [-0.2, -0.15) is 0 Å². The van der Waals surface area contributed by atoms with Crippen LogP contribution in [0.15, 0.2) is 36.7 Å². The molecule has 132 valence electrons. The highest BCUT2D eigenvalue weighted by Gasteiger charge is 2.15. The number of ketones is 1. The van der Waals surface area contributed by atoms with Gasteiger partial charge >= 0.3 is 0 Å². The average molecular weight is 344 g/mol. The van der Waals surface area contributed by atoms with Crippen molar-refractivity contribution in [3.05, 3.63) is 42.2 Å². The number of anilines is 1. The van der Waals surface area contributed by atoms with E-state index in [-0.39, 0.29) is 24.5 Å². The van der Waals surface area contributed by atoms with Gasteiger partial charge in [-0.05, 0) is 12.1 Å². The first-order valence-electron chi connectivity index (χ1n) is 7.62. The number of methoxy groups -OCH3 is 3. The van der Waals surface area contributed by atoms with Crippen molar-refractivity contribution in [1.82, 2.24) is 4.98 Å². The van der Waals surface area contributed by atoms with Gasteiger partial charge < -0.3 is 19.5 Å². The highest BCUT2D eigenvalue weighted by molar-refractivity contribution is 5.99. The van der Waals surface area contributed by atoms with E-state index in [2.05, 4.69) is 10.3 Å². The highest BCUT2D eigenvalue weighted by atomic mass is 16.5. The molecular weight excluding hydrogens is 324 g/mol. The Morgan fingerprint density at radius 3 is 2.24 bits per heavy atom. The van der Waals surface area contributed by atoms with E-state index in [1.807, 2.05) is 0 Å². The number of aromatic nitrogens is 1. The van der Waals surface area contributed by atoms with E-state index < -0.39 is 0 Å². The highest BCUT2D eigenvalue weighted by Crippen LogP contribution is 2.39. The lowest BCUT2D eigenvalue weighted by Crippen LogP contribution is -2.14. The molecule has 0 radical (unpaired) electrons. The fraction of sp³-hybridized carbons (Fsp3) is 0.278. The maximum absolute atomic E-state index is 12.1. The summed E-state index contributed by atoms with van der Waals surface area (Å²) in [5, 5.41) is 2.73.